The largest absolute Gasteiger partial charge is 0.338 e. The van der Waals surface area contributed by atoms with E-state index in [1.54, 1.807) is 0 Å². The summed E-state index contributed by atoms with van der Waals surface area (Å²) in [6.45, 7) is 5.63. The first-order valence-electron chi connectivity index (χ1n) is 6.55. The summed E-state index contributed by atoms with van der Waals surface area (Å²) in [5, 5.41) is 6.37. The molecule has 4 nitrogen and oxygen atoms in total. The van der Waals surface area contributed by atoms with Gasteiger partial charge in [0.05, 0.1) is 0 Å². The van der Waals surface area contributed by atoms with Crippen LogP contribution < -0.4 is 10.6 Å². The standard InChI is InChI=1S/C12H23N3O/c1-2-13-12(16)15(8-10-5-6-10)9-11-4-3-7-14-11/h10-11,14H,2-9H2,1H3,(H,13,16). The molecule has 1 saturated heterocycles. The predicted molar refractivity (Wildman–Crippen MR) is 64.4 cm³/mol. The topological polar surface area (TPSA) is 44.4 Å². The minimum Gasteiger partial charge on any atom is -0.338 e. The second-order valence-corrected chi connectivity index (χ2v) is 4.98. The van der Waals surface area contributed by atoms with Gasteiger partial charge in [-0.2, -0.15) is 0 Å². The average molecular weight is 225 g/mol. The molecule has 2 fully saturated rings. The van der Waals surface area contributed by atoms with Gasteiger partial charge in [-0.1, -0.05) is 0 Å². The van der Waals surface area contributed by atoms with Gasteiger partial charge in [0.2, 0.25) is 0 Å². The van der Waals surface area contributed by atoms with Crippen LogP contribution in [-0.4, -0.2) is 43.2 Å². The highest BCUT2D eigenvalue weighted by Gasteiger charge is 2.28. The minimum atomic E-state index is 0.114. The third-order valence-electron chi connectivity index (χ3n) is 3.39. The molecule has 2 amide bonds. The molecule has 0 aromatic carbocycles. The molecule has 0 aromatic rings. The second-order valence-electron chi connectivity index (χ2n) is 4.98. The molecular weight excluding hydrogens is 202 g/mol. The van der Waals surface area contributed by atoms with Crippen LogP contribution in [0.1, 0.15) is 32.6 Å². The van der Waals surface area contributed by atoms with E-state index in [-0.39, 0.29) is 6.03 Å². The number of urea groups is 1. The number of nitrogens with one attached hydrogen (secondary N) is 2. The van der Waals surface area contributed by atoms with Gasteiger partial charge in [0.25, 0.3) is 0 Å². The van der Waals surface area contributed by atoms with E-state index in [0.717, 1.165) is 32.1 Å². The summed E-state index contributed by atoms with van der Waals surface area (Å²) < 4.78 is 0. The lowest BCUT2D eigenvalue weighted by Crippen LogP contribution is -2.46. The number of nitrogens with zero attached hydrogens (tertiary/aromatic N) is 1. The third kappa shape index (κ3) is 3.37. The van der Waals surface area contributed by atoms with Crippen LogP contribution in [0.15, 0.2) is 0 Å². The summed E-state index contributed by atoms with van der Waals surface area (Å²) in [5.74, 6) is 0.768. The Kier molecular flexibility index (Phi) is 4.04. The fraction of sp³-hybridized carbons (Fsp3) is 0.917. The fourth-order valence-corrected chi connectivity index (χ4v) is 2.29. The first-order valence-corrected chi connectivity index (χ1v) is 6.55. The molecule has 2 aliphatic rings. The van der Waals surface area contributed by atoms with Gasteiger partial charge in [-0.15, -0.1) is 0 Å². The predicted octanol–water partition coefficient (Wildman–Crippen LogP) is 1.18. The quantitative estimate of drug-likeness (QED) is 0.738. The molecule has 0 bridgehead atoms. The molecule has 4 heteroatoms. The number of hydrogen-bond donors (Lipinski definition) is 2. The van der Waals surface area contributed by atoms with Crippen LogP contribution in [-0.2, 0) is 0 Å². The smallest absolute Gasteiger partial charge is 0.317 e. The zero-order valence-electron chi connectivity index (χ0n) is 10.2. The Hall–Kier alpha value is -0.770. The van der Waals surface area contributed by atoms with Gasteiger partial charge in [0.15, 0.2) is 0 Å². The molecule has 1 unspecified atom stereocenters. The Labute approximate surface area is 97.8 Å². The molecule has 1 saturated carbocycles. The van der Waals surface area contributed by atoms with Crippen molar-refractivity contribution in [2.24, 2.45) is 5.92 Å². The minimum absolute atomic E-state index is 0.114. The van der Waals surface area contributed by atoms with Gasteiger partial charge in [-0.25, -0.2) is 4.79 Å². The first-order chi connectivity index (χ1) is 7.79. The fourth-order valence-electron chi connectivity index (χ4n) is 2.29. The zero-order chi connectivity index (χ0) is 11.4. The Morgan fingerprint density at radius 2 is 2.19 bits per heavy atom. The van der Waals surface area contributed by atoms with Gasteiger partial charge in [-0.05, 0) is 45.1 Å². The molecule has 2 N–H and O–H groups in total. The highest BCUT2D eigenvalue weighted by Crippen LogP contribution is 2.29. The van der Waals surface area contributed by atoms with Gasteiger partial charge >= 0.3 is 6.03 Å². The van der Waals surface area contributed by atoms with Crippen LogP contribution in [0.5, 0.6) is 0 Å². The van der Waals surface area contributed by atoms with Crippen LogP contribution in [0, 0.1) is 5.92 Å². The van der Waals surface area contributed by atoms with Crippen molar-refractivity contribution in [3.63, 3.8) is 0 Å². The van der Waals surface area contributed by atoms with E-state index in [4.69, 9.17) is 0 Å². The lowest BCUT2D eigenvalue weighted by atomic mass is 10.2. The van der Waals surface area contributed by atoms with Crippen LogP contribution in [0.25, 0.3) is 0 Å². The Morgan fingerprint density at radius 1 is 1.38 bits per heavy atom. The van der Waals surface area contributed by atoms with Gasteiger partial charge in [0, 0.05) is 25.7 Å². The van der Waals surface area contributed by atoms with E-state index in [1.165, 1.54) is 25.7 Å². The summed E-state index contributed by atoms with van der Waals surface area (Å²) in [5.41, 5.74) is 0. The van der Waals surface area contributed by atoms with Crippen LogP contribution >= 0.6 is 0 Å². The molecule has 0 aromatic heterocycles. The summed E-state index contributed by atoms with van der Waals surface area (Å²) >= 11 is 0. The van der Waals surface area contributed by atoms with E-state index >= 15 is 0 Å². The average Bonchev–Trinajstić information content (AvgIpc) is 2.92. The molecule has 92 valence electrons. The van der Waals surface area contributed by atoms with Crippen molar-refractivity contribution in [1.29, 1.82) is 0 Å². The van der Waals surface area contributed by atoms with E-state index in [1.807, 2.05) is 11.8 Å². The van der Waals surface area contributed by atoms with Gasteiger partial charge in [0.1, 0.15) is 0 Å². The molecule has 2 rings (SSSR count). The van der Waals surface area contributed by atoms with E-state index in [2.05, 4.69) is 10.6 Å². The van der Waals surface area contributed by atoms with Crippen molar-refractivity contribution in [3.8, 4) is 0 Å². The van der Waals surface area contributed by atoms with Crippen LogP contribution in [0.3, 0.4) is 0 Å². The summed E-state index contributed by atoms with van der Waals surface area (Å²) in [6.07, 6.45) is 5.06. The summed E-state index contributed by atoms with van der Waals surface area (Å²) in [6, 6.07) is 0.629. The van der Waals surface area contributed by atoms with Crippen molar-refractivity contribution in [3.05, 3.63) is 0 Å². The molecule has 16 heavy (non-hydrogen) atoms. The van der Waals surface area contributed by atoms with Crippen molar-refractivity contribution in [2.75, 3.05) is 26.2 Å². The van der Waals surface area contributed by atoms with Crippen LogP contribution in [0.2, 0.25) is 0 Å². The van der Waals surface area contributed by atoms with Crippen molar-refractivity contribution in [1.82, 2.24) is 15.5 Å². The van der Waals surface area contributed by atoms with Crippen molar-refractivity contribution in [2.45, 2.75) is 38.6 Å². The lowest BCUT2D eigenvalue weighted by Gasteiger charge is -2.26. The Morgan fingerprint density at radius 3 is 2.75 bits per heavy atom. The Bertz CT molecular complexity index is 234. The second kappa shape index (κ2) is 5.53. The molecule has 1 aliphatic heterocycles. The van der Waals surface area contributed by atoms with Gasteiger partial charge < -0.3 is 15.5 Å². The number of carbonyl (C=O) groups excluding carboxylic acids is 1. The SMILES string of the molecule is CCNC(=O)N(CC1CC1)CC1CCCN1. The normalized spacial score (nSPS) is 24.4. The summed E-state index contributed by atoms with van der Waals surface area (Å²) in [7, 11) is 0. The monoisotopic (exact) mass is 225 g/mol. The summed E-state index contributed by atoms with van der Waals surface area (Å²) in [4.78, 5) is 13.9. The molecule has 1 atom stereocenters. The molecule has 1 aliphatic carbocycles. The van der Waals surface area contributed by atoms with Crippen molar-refractivity contribution >= 4 is 6.03 Å². The molecule has 0 spiro atoms. The lowest BCUT2D eigenvalue weighted by molar-refractivity contribution is 0.190. The number of hydrogen-bond acceptors (Lipinski definition) is 2. The highest BCUT2D eigenvalue weighted by molar-refractivity contribution is 5.74. The van der Waals surface area contributed by atoms with E-state index in [9.17, 15) is 4.79 Å². The molecular formula is C12H23N3O. The maximum atomic E-state index is 11.9. The number of rotatable bonds is 5. The van der Waals surface area contributed by atoms with E-state index in [0.29, 0.717) is 6.04 Å². The zero-order valence-corrected chi connectivity index (χ0v) is 10.2. The maximum Gasteiger partial charge on any atom is 0.317 e. The van der Waals surface area contributed by atoms with Crippen molar-refractivity contribution < 1.29 is 4.79 Å². The highest BCUT2D eigenvalue weighted by atomic mass is 16.2. The van der Waals surface area contributed by atoms with E-state index < -0.39 is 0 Å². The number of amides is 2. The maximum absolute atomic E-state index is 11.9. The molecule has 0 radical (unpaired) electrons. The third-order valence-corrected chi connectivity index (χ3v) is 3.39. The Balaban J connectivity index is 1.81. The van der Waals surface area contributed by atoms with Crippen LogP contribution in [0.4, 0.5) is 4.79 Å². The van der Waals surface area contributed by atoms with Gasteiger partial charge in [-0.3, -0.25) is 0 Å². The molecule has 1 heterocycles. The number of carbonyl (C=O) groups is 1. The first kappa shape index (κ1) is 11.7.